The van der Waals surface area contributed by atoms with Gasteiger partial charge in [0, 0.05) is 0 Å². The Labute approximate surface area is 164 Å². The summed E-state index contributed by atoms with van der Waals surface area (Å²) in [4.78, 5) is 0. The van der Waals surface area contributed by atoms with Crippen molar-refractivity contribution in [2.24, 2.45) is 34.5 Å². The van der Waals surface area contributed by atoms with Crippen molar-refractivity contribution in [3.63, 3.8) is 0 Å². The average molecular weight is 375 g/mol. The van der Waals surface area contributed by atoms with Gasteiger partial charge in [0.1, 0.15) is 0 Å². The van der Waals surface area contributed by atoms with Crippen molar-refractivity contribution in [3.8, 4) is 0 Å². The van der Waals surface area contributed by atoms with Crippen molar-refractivity contribution in [3.05, 3.63) is 11.6 Å². The lowest BCUT2D eigenvalue weighted by Gasteiger charge is -2.63. The molecule has 0 radical (unpaired) electrons. The first kappa shape index (κ1) is 18.6. The lowest BCUT2D eigenvalue weighted by Crippen LogP contribution is -2.63. The summed E-state index contributed by atoms with van der Waals surface area (Å²) >= 11 is 0. The lowest BCUT2D eigenvalue weighted by molar-refractivity contribution is -0.182. The molecule has 1 heterocycles. The summed E-state index contributed by atoms with van der Waals surface area (Å²) in [6.07, 6.45) is 10.8. The highest BCUT2D eigenvalue weighted by Gasteiger charge is 2.67. The van der Waals surface area contributed by atoms with E-state index in [4.69, 9.17) is 9.47 Å². The standard InChI is InChI=1S/C24H38O3/c1-6-14-7-8-16-19-17(10-12-23(14,16)4)24(5)11-9-15(25)13-18(24)20-21(19)27-22(2,3)26-20/h6,15-21,25H,7-13H2,1-5H3/t15-,16?,17?,18?,19?,20-,21-,23-,24-/m1/s1. The van der Waals surface area contributed by atoms with Crippen molar-refractivity contribution in [1.29, 1.82) is 0 Å². The minimum atomic E-state index is -0.497. The molecule has 27 heavy (non-hydrogen) atoms. The average Bonchev–Trinajstić information content (AvgIpc) is 3.11. The van der Waals surface area contributed by atoms with E-state index in [1.54, 1.807) is 5.57 Å². The van der Waals surface area contributed by atoms with E-state index in [2.05, 4.69) is 40.7 Å². The summed E-state index contributed by atoms with van der Waals surface area (Å²) in [5, 5.41) is 10.5. The van der Waals surface area contributed by atoms with Gasteiger partial charge in [0.15, 0.2) is 5.79 Å². The fourth-order valence-corrected chi connectivity index (χ4v) is 8.48. The van der Waals surface area contributed by atoms with Crippen LogP contribution in [0.3, 0.4) is 0 Å². The van der Waals surface area contributed by atoms with Crippen LogP contribution < -0.4 is 0 Å². The molecule has 0 aromatic carbocycles. The third kappa shape index (κ3) is 2.43. The Balaban J connectivity index is 1.59. The molecule has 4 saturated carbocycles. The van der Waals surface area contributed by atoms with Gasteiger partial charge in [-0.3, -0.25) is 0 Å². The van der Waals surface area contributed by atoms with E-state index >= 15 is 0 Å². The maximum atomic E-state index is 10.5. The van der Waals surface area contributed by atoms with Crippen LogP contribution in [0.1, 0.15) is 79.6 Å². The number of aliphatic hydroxyl groups is 1. The second-order valence-electron chi connectivity index (χ2n) is 11.2. The number of allylic oxidation sites excluding steroid dienone is 2. The molecule has 1 aliphatic heterocycles. The summed E-state index contributed by atoms with van der Waals surface area (Å²) in [7, 11) is 0. The highest BCUT2D eigenvalue weighted by molar-refractivity contribution is 5.25. The second-order valence-corrected chi connectivity index (χ2v) is 11.2. The van der Waals surface area contributed by atoms with E-state index in [1.165, 1.54) is 25.7 Å². The SMILES string of the molecule is CC=C1CCC2C3C(CC[C@]12C)[C@@]1(C)CC[C@@H](O)CC1[C@H]1OC(C)(C)O[C@H]31. The van der Waals surface area contributed by atoms with Gasteiger partial charge in [-0.05, 0) is 100 Å². The first-order valence-electron chi connectivity index (χ1n) is 11.4. The number of hydrogen-bond donors (Lipinski definition) is 1. The fraction of sp³-hybridized carbons (Fsp3) is 0.917. The van der Waals surface area contributed by atoms with Gasteiger partial charge in [-0.1, -0.05) is 25.5 Å². The number of hydrogen-bond acceptors (Lipinski definition) is 3. The van der Waals surface area contributed by atoms with Crippen LogP contribution in [0.5, 0.6) is 0 Å². The largest absolute Gasteiger partial charge is 0.393 e. The van der Waals surface area contributed by atoms with Gasteiger partial charge in [0.25, 0.3) is 0 Å². The van der Waals surface area contributed by atoms with E-state index in [9.17, 15) is 5.11 Å². The topological polar surface area (TPSA) is 38.7 Å². The number of rotatable bonds is 0. The van der Waals surface area contributed by atoms with Crippen LogP contribution in [0.25, 0.3) is 0 Å². The molecule has 4 unspecified atom stereocenters. The molecule has 5 rings (SSSR count). The monoisotopic (exact) mass is 374 g/mol. The number of aliphatic hydroxyl groups excluding tert-OH is 1. The maximum absolute atomic E-state index is 10.5. The molecule has 1 N–H and O–H groups in total. The first-order valence-corrected chi connectivity index (χ1v) is 11.4. The summed E-state index contributed by atoms with van der Waals surface area (Å²) in [6, 6.07) is 0. The first-order chi connectivity index (χ1) is 12.7. The molecule has 152 valence electrons. The lowest BCUT2D eigenvalue weighted by atomic mass is 9.43. The molecular weight excluding hydrogens is 336 g/mol. The van der Waals surface area contributed by atoms with Gasteiger partial charge in [0.05, 0.1) is 18.3 Å². The van der Waals surface area contributed by atoms with Crippen LogP contribution in [0.2, 0.25) is 0 Å². The molecule has 5 aliphatic rings. The smallest absolute Gasteiger partial charge is 0.163 e. The van der Waals surface area contributed by atoms with Crippen LogP contribution >= 0.6 is 0 Å². The minimum Gasteiger partial charge on any atom is -0.393 e. The Hall–Kier alpha value is -0.380. The van der Waals surface area contributed by atoms with Gasteiger partial charge in [0.2, 0.25) is 0 Å². The number of fused-ring (bicyclic) bond motifs is 8. The quantitative estimate of drug-likeness (QED) is 0.601. The maximum Gasteiger partial charge on any atom is 0.163 e. The predicted molar refractivity (Wildman–Crippen MR) is 106 cm³/mol. The Kier molecular flexibility index (Phi) is 4.02. The van der Waals surface area contributed by atoms with Crippen molar-refractivity contribution in [2.75, 3.05) is 0 Å². The van der Waals surface area contributed by atoms with Gasteiger partial charge in [-0.2, -0.15) is 0 Å². The summed E-state index contributed by atoms with van der Waals surface area (Å²) < 4.78 is 13.2. The van der Waals surface area contributed by atoms with E-state index in [1.807, 2.05) is 0 Å². The van der Waals surface area contributed by atoms with E-state index in [0.717, 1.165) is 25.2 Å². The molecule has 0 spiro atoms. The Bertz CT molecular complexity index is 654. The predicted octanol–water partition coefficient (Wildman–Crippen LogP) is 5.08. The Morgan fingerprint density at radius 2 is 1.67 bits per heavy atom. The molecule has 0 aromatic rings. The molecule has 3 nitrogen and oxygen atoms in total. The minimum absolute atomic E-state index is 0.151. The Morgan fingerprint density at radius 3 is 2.41 bits per heavy atom. The van der Waals surface area contributed by atoms with Crippen molar-refractivity contribution >= 4 is 0 Å². The number of ether oxygens (including phenoxy) is 2. The summed E-state index contributed by atoms with van der Waals surface area (Å²) in [5.41, 5.74) is 2.33. The molecule has 5 fully saturated rings. The third-order valence-corrected chi connectivity index (χ3v) is 9.70. The van der Waals surface area contributed by atoms with Gasteiger partial charge >= 0.3 is 0 Å². The normalized spacial score (nSPS) is 57.7. The zero-order valence-corrected chi connectivity index (χ0v) is 17.8. The van der Waals surface area contributed by atoms with Crippen molar-refractivity contribution in [1.82, 2.24) is 0 Å². The van der Waals surface area contributed by atoms with Gasteiger partial charge < -0.3 is 14.6 Å². The molecule has 1 saturated heterocycles. The Morgan fingerprint density at radius 1 is 0.926 bits per heavy atom. The molecule has 3 heteroatoms. The molecular formula is C24H38O3. The van der Waals surface area contributed by atoms with E-state index in [-0.39, 0.29) is 23.7 Å². The van der Waals surface area contributed by atoms with Crippen LogP contribution in [0.4, 0.5) is 0 Å². The summed E-state index contributed by atoms with van der Waals surface area (Å²) in [6.45, 7) is 11.5. The third-order valence-electron chi connectivity index (χ3n) is 9.70. The van der Waals surface area contributed by atoms with Crippen molar-refractivity contribution in [2.45, 2.75) is 104 Å². The van der Waals surface area contributed by atoms with Crippen LogP contribution in [-0.4, -0.2) is 29.2 Å². The second kappa shape index (κ2) is 5.83. The molecule has 0 amide bonds. The van der Waals surface area contributed by atoms with E-state index < -0.39 is 5.79 Å². The highest BCUT2D eigenvalue weighted by Crippen LogP contribution is 2.69. The zero-order valence-electron chi connectivity index (χ0n) is 17.8. The molecule has 4 aliphatic carbocycles. The van der Waals surface area contributed by atoms with Crippen LogP contribution in [0, 0.1) is 34.5 Å². The highest BCUT2D eigenvalue weighted by atomic mass is 16.8. The zero-order chi connectivity index (χ0) is 19.2. The van der Waals surface area contributed by atoms with Crippen molar-refractivity contribution < 1.29 is 14.6 Å². The van der Waals surface area contributed by atoms with Crippen LogP contribution in [0.15, 0.2) is 11.6 Å². The molecule has 0 bridgehead atoms. The summed E-state index contributed by atoms with van der Waals surface area (Å²) in [5.74, 6) is 1.97. The van der Waals surface area contributed by atoms with Gasteiger partial charge in [-0.25, -0.2) is 0 Å². The van der Waals surface area contributed by atoms with Gasteiger partial charge in [-0.15, -0.1) is 0 Å². The fourth-order valence-electron chi connectivity index (χ4n) is 8.48. The molecule has 9 atom stereocenters. The molecule has 0 aromatic heterocycles. The van der Waals surface area contributed by atoms with E-state index in [0.29, 0.717) is 23.2 Å². The van der Waals surface area contributed by atoms with Crippen LogP contribution in [-0.2, 0) is 9.47 Å².